The Morgan fingerprint density at radius 3 is 2.50 bits per heavy atom. The van der Waals surface area contributed by atoms with Crippen LogP contribution in [-0.2, 0) is 4.74 Å². The third-order valence-electron chi connectivity index (χ3n) is 4.45. The molecule has 1 unspecified atom stereocenters. The molecule has 2 heteroatoms. The van der Waals surface area contributed by atoms with E-state index < -0.39 is 0 Å². The molecule has 2 saturated carbocycles. The summed E-state index contributed by atoms with van der Waals surface area (Å²) in [7, 11) is 0. The van der Waals surface area contributed by atoms with Gasteiger partial charge >= 0.3 is 0 Å². The Balaban J connectivity index is 1.49. The SMILES string of the molecule is C1CCC2(C1)CC2NC1CCOCC1. The molecule has 0 bridgehead atoms. The molecule has 2 nitrogen and oxygen atoms in total. The lowest BCUT2D eigenvalue weighted by Gasteiger charge is -2.24. The lowest BCUT2D eigenvalue weighted by atomic mass is 10.0. The highest BCUT2D eigenvalue weighted by Crippen LogP contribution is 2.58. The van der Waals surface area contributed by atoms with Gasteiger partial charge in [0, 0.05) is 25.3 Å². The van der Waals surface area contributed by atoms with Crippen LogP contribution in [0.1, 0.15) is 44.9 Å². The molecular formula is C12H21NO. The van der Waals surface area contributed by atoms with Crippen LogP contribution in [0.25, 0.3) is 0 Å². The molecule has 3 rings (SSSR count). The first-order valence-corrected chi connectivity index (χ1v) is 6.23. The smallest absolute Gasteiger partial charge is 0.0480 e. The summed E-state index contributed by atoms with van der Waals surface area (Å²) in [6, 6.07) is 1.63. The van der Waals surface area contributed by atoms with E-state index in [1.165, 1.54) is 44.9 Å². The molecule has 1 atom stereocenters. The second-order valence-electron chi connectivity index (χ2n) is 5.38. The van der Waals surface area contributed by atoms with Gasteiger partial charge < -0.3 is 10.1 Å². The maximum absolute atomic E-state index is 5.38. The maximum atomic E-state index is 5.38. The van der Waals surface area contributed by atoms with Gasteiger partial charge in [-0.1, -0.05) is 12.8 Å². The minimum atomic E-state index is 0.758. The van der Waals surface area contributed by atoms with Crippen molar-refractivity contribution in [1.82, 2.24) is 5.32 Å². The molecule has 2 aliphatic carbocycles. The van der Waals surface area contributed by atoms with Crippen molar-refractivity contribution in [2.24, 2.45) is 5.41 Å². The molecule has 0 aromatic heterocycles. The van der Waals surface area contributed by atoms with Crippen molar-refractivity contribution >= 4 is 0 Å². The van der Waals surface area contributed by atoms with E-state index in [1.807, 2.05) is 0 Å². The van der Waals surface area contributed by atoms with Crippen LogP contribution in [0.15, 0.2) is 0 Å². The molecule has 1 aliphatic heterocycles. The topological polar surface area (TPSA) is 21.3 Å². The van der Waals surface area contributed by atoms with Crippen LogP contribution < -0.4 is 5.32 Å². The fourth-order valence-corrected chi connectivity index (χ4v) is 3.36. The van der Waals surface area contributed by atoms with Crippen LogP contribution in [0, 0.1) is 5.41 Å². The Labute approximate surface area is 86.4 Å². The first-order valence-electron chi connectivity index (χ1n) is 6.23. The molecule has 0 aromatic carbocycles. The van der Waals surface area contributed by atoms with Gasteiger partial charge in [0.1, 0.15) is 0 Å². The summed E-state index contributed by atoms with van der Waals surface area (Å²) in [6.07, 6.45) is 9.86. The highest BCUT2D eigenvalue weighted by Gasteiger charge is 2.55. The van der Waals surface area contributed by atoms with E-state index in [0.29, 0.717) is 0 Å². The van der Waals surface area contributed by atoms with Gasteiger partial charge in [-0.2, -0.15) is 0 Å². The summed E-state index contributed by atoms with van der Waals surface area (Å²) in [5, 5.41) is 3.85. The van der Waals surface area contributed by atoms with Crippen LogP contribution in [-0.4, -0.2) is 25.3 Å². The van der Waals surface area contributed by atoms with Crippen molar-refractivity contribution < 1.29 is 4.74 Å². The lowest BCUT2D eigenvalue weighted by molar-refractivity contribution is 0.0765. The Hall–Kier alpha value is -0.0800. The van der Waals surface area contributed by atoms with Crippen molar-refractivity contribution in [1.29, 1.82) is 0 Å². The van der Waals surface area contributed by atoms with Gasteiger partial charge in [0.2, 0.25) is 0 Å². The van der Waals surface area contributed by atoms with Crippen LogP contribution in [0.4, 0.5) is 0 Å². The number of hydrogen-bond donors (Lipinski definition) is 1. The number of rotatable bonds is 2. The van der Waals surface area contributed by atoms with E-state index >= 15 is 0 Å². The average molecular weight is 195 g/mol. The van der Waals surface area contributed by atoms with Gasteiger partial charge in [0.25, 0.3) is 0 Å². The van der Waals surface area contributed by atoms with Crippen LogP contribution in [0.5, 0.6) is 0 Å². The normalized spacial score (nSPS) is 36.4. The highest BCUT2D eigenvalue weighted by molar-refractivity contribution is 5.10. The van der Waals surface area contributed by atoms with E-state index in [2.05, 4.69) is 5.32 Å². The van der Waals surface area contributed by atoms with Gasteiger partial charge in [-0.15, -0.1) is 0 Å². The van der Waals surface area contributed by atoms with Gasteiger partial charge in [-0.05, 0) is 37.5 Å². The molecule has 1 heterocycles. The summed E-state index contributed by atoms with van der Waals surface area (Å²) in [4.78, 5) is 0. The Morgan fingerprint density at radius 1 is 1.07 bits per heavy atom. The van der Waals surface area contributed by atoms with Crippen molar-refractivity contribution in [2.45, 2.75) is 57.0 Å². The summed E-state index contributed by atoms with van der Waals surface area (Å²) in [5.41, 5.74) is 0.762. The molecule has 80 valence electrons. The van der Waals surface area contributed by atoms with E-state index in [1.54, 1.807) is 0 Å². The summed E-state index contributed by atoms with van der Waals surface area (Å²) >= 11 is 0. The minimum absolute atomic E-state index is 0.758. The van der Waals surface area contributed by atoms with Gasteiger partial charge in [-0.25, -0.2) is 0 Å². The van der Waals surface area contributed by atoms with Crippen molar-refractivity contribution in [3.05, 3.63) is 0 Å². The second kappa shape index (κ2) is 3.49. The minimum Gasteiger partial charge on any atom is -0.381 e. The molecule has 14 heavy (non-hydrogen) atoms. The van der Waals surface area contributed by atoms with E-state index in [0.717, 1.165) is 30.7 Å². The molecule has 0 aromatic rings. The molecule has 3 fully saturated rings. The van der Waals surface area contributed by atoms with Crippen LogP contribution in [0.2, 0.25) is 0 Å². The zero-order valence-corrected chi connectivity index (χ0v) is 8.93. The van der Waals surface area contributed by atoms with E-state index in [9.17, 15) is 0 Å². The first kappa shape index (κ1) is 9.17. The standard InChI is InChI=1S/C12H21NO/c1-2-6-12(5-1)9-11(12)13-10-3-7-14-8-4-10/h10-11,13H,1-9H2. The second-order valence-corrected chi connectivity index (χ2v) is 5.38. The van der Waals surface area contributed by atoms with Crippen molar-refractivity contribution in [3.8, 4) is 0 Å². The fraction of sp³-hybridized carbons (Fsp3) is 1.00. The predicted molar refractivity (Wildman–Crippen MR) is 56.3 cm³/mol. The summed E-state index contributed by atoms with van der Waals surface area (Å²) in [6.45, 7) is 1.94. The van der Waals surface area contributed by atoms with Gasteiger partial charge in [0.15, 0.2) is 0 Å². The zero-order valence-electron chi connectivity index (χ0n) is 8.93. The Bertz CT molecular complexity index is 204. The van der Waals surface area contributed by atoms with Crippen molar-refractivity contribution in [3.63, 3.8) is 0 Å². The molecule has 1 spiro atoms. The average Bonchev–Trinajstić information content (AvgIpc) is 2.67. The number of ether oxygens (including phenoxy) is 1. The third kappa shape index (κ3) is 1.59. The molecule has 3 aliphatic rings. The van der Waals surface area contributed by atoms with E-state index in [4.69, 9.17) is 4.74 Å². The van der Waals surface area contributed by atoms with Crippen LogP contribution >= 0.6 is 0 Å². The molecule has 1 saturated heterocycles. The molecular weight excluding hydrogens is 174 g/mol. The Kier molecular flexibility index (Phi) is 2.29. The third-order valence-corrected chi connectivity index (χ3v) is 4.45. The summed E-state index contributed by atoms with van der Waals surface area (Å²) < 4.78 is 5.38. The Morgan fingerprint density at radius 2 is 1.79 bits per heavy atom. The number of hydrogen-bond acceptors (Lipinski definition) is 2. The highest BCUT2D eigenvalue weighted by atomic mass is 16.5. The maximum Gasteiger partial charge on any atom is 0.0480 e. The molecule has 1 N–H and O–H groups in total. The van der Waals surface area contributed by atoms with Gasteiger partial charge in [0.05, 0.1) is 0 Å². The fourth-order valence-electron chi connectivity index (χ4n) is 3.36. The zero-order chi connectivity index (χ0) is 9.43. The summed E-state index contributed by atoms with van der Waals surface area (Å²) in [5.74, 6) is 0. The lowest BCUT2D eigenvalue weighted by Crippen LogP contribution is -2.37. The predicted octanol–water partition coefficient (Wildman–Crippen LogP) is 2.09. The largest absolute Gasteiger partial charge is 0.381 e. The van der Waals surface area contributed by atoms with Crippen molar-refractivity contribution in [2.75, 3.05) is 13.2 Å². The monoisotopic (exact) mass is 195 g/mol. The van der Waals surface area contributed by atoms with Gasteiger partial charge in [-0.3, -0.25) is 0 Å². The molecule has 0 radical (unpaired) electrons. The molecule has 0 amide bonds. The van der Waals surface area contributed by atoms with E-state index in [-0.39, 0.29) is 0 Å². The van der Waals surface area contributed by atoms with Crippen LogP contribution in [0.3, 0.4) is 0 Å². The quantitative estimate of drug-likeness (QED) is 0.728. The number of nitrogens with one attached hydrogen (secondary N) is 1. The first-order chi connectivity index (χ1) is 6.89.